The van der Waals surface area contributed by atoms with Gasteiger partial charge in [-0.05, 0) is 62.6 Å². The Labute approximate surface area is 145 Å². The van der Waals surface area contributed by atoms with Gasteiger partial charge in [0.15, 0.2) is 0 Å². The van der Waals surface area contributed by atoms with E-state index in [2.05, 4.69) is 17.4 Å². The number of carbonyl (C=O) groups is 1. The van der Waals surface area contributed by atoms with Crippen LogP contribution in [0, 0.1) is 5.92 Å². The number of hydrogen-bond acceptors (Lipinski definition) is 3. The summed E-state index contributed by atoms with van der Waals surface area (Å²) in [5, 5.41) is 11.9. The first-order valence-corrected chi connectivity index (χ1v) is 8.91. The van der Waals surface area contributed by atoms with Crippen LogP contribution in [-0.2, 0) is 6.42 Å². The fourth-order valence-corrected chi connectivity index (χ4v) is 3.21. The molecular formula is C19H30N2O3. The Morgan fingerprint density at radius 2 is 2.00 bits per heavy atom. The van der Waals surface area contributed by atoms with Gasteiger partial charge in [-0.2, -0.15) is 0 Å². The number of methoxy groups -OCH3 is 1. The highest BCUT2D eigenvalue weighted by atomic mass is 16.5. The Bertz CT molecular complexity index is 496. The van der Waals surface area contributed by atoms with Gasteiger partial charge in [-0.3, -0.25) is 0 Å². The fraction of sp³-hybridized carbons (Fsp3) is 0.632. The maximum Gasteiger partial charge on any atom is 0.317 e. The van der Waals surface area contributed by atoms with E-state index in [0.717, 1.165) is 50.9 Å². The quantitative estimate of drug-likeness (QED) is 0.806. The first-order valence-electron chi connectivity index (χ1n) is 8.91. The summed E-state index contributed by atoms with van der Waals surface area (Å²) in [6.45, 7) is 3.81. The molecule has 0 spiro atoms. The molecule has 1 saturated heterocycles. The summed E-state index contributed by atoms with van der Waals surface area (Å²) in [5.41, 5.74) is 1.33. The zero-order valence-corrected chi connectivity index (χ0v) is 14.8. The number of nitrogens with one attached hydrogen (secondary N) is 1. The lowest BCUT2D eigenvalue weighted by atomic mass is 9.90. The van der Waals surface area contributed by atoms with Gasteiger partial charge >= 0.3 is 6.03 Å². The third-order valence-electron chi connectivity index (χ3n) is 4.75. The van der Waals surface area contributed by atoms with Crippen LogP contribution in [0.2, 0.25) is 0 Å². The number of benzene rings is 1. The Morgan fingerprint density at radius 3 is 2.58 bits per heavy atom. The third kappa shape index (κ3) is 5.71. The first kappa shape index (κ1) is 18.6. The van der Waals surface area contributed by atoms with Crippen LogP contribution in [0.5, 0.6) is 5.75 Å². The molecule has 1 aliphatic rings. The van der Waals surface area contributed by atoms with Crippen molar-refractivity contribution in [2.24, 2.45) is 5.92 Å². The predicted octanol–water partition coefficient (Wildman–Crippen LogP) is 2.82. The van der Waals surface area contributed by atoms with E-state index >= 15 is 0 Å². The molecule has 1 heterocycles. The topological polar surface area (TPSA) is 61.8 Å². The van der Waals surface area contributed by atoms with Crippen LogP contribution in [0.1, 0.15) is 38.2 Å². The van der Waals surface area contributed by atoms with E-state index in [9.17, 15) is 4.79 Å². The van der Waals surface area contributed by atoms with Crippen molar-refractivity contribution in [2.45, 2.75) is 45.1 Å². The molecule has 0 bridgehead atoms. The fourth-order valence-electron chi connectivity index (χ4n) is 3.21. The van der Waals surface area contributed by atoms with Gasteiger partial charge in [-0.15, -0.1) is 0 Å². The molecule has 0 saturated carbocycles. The Hall–Kier alpha value is -1.75. The molecular weight excluding hydrogens is 304 g/mol. The molecule has 2 N–H and O–H groups in total. The van der Waals surface area contributed by atoms with Crippen LogP contribution >= 0.6 is 0 Å². The molecule has 1 aromatic rings. The molecule has 5 heteroatoms. The van der Waals surface area contributed by atoms with Crippen molar-refractivity contribution in [3.63, 3.8) is 0 Å². The Kier molecular flexibility index (Phi) is 7.37. The molecule has 0 aromatic heterocycles. The molecule has 2 rings (SSSR count). The zero-order valence-electron chi connectivity index (χ0n) is 14.8. The average Bonchev–Trinajstić information content (AvgIpc) is 2.61. The molecule has 5 nitrogen and oxygen atoms in total. The highest BCUT2D eigenvalue weighted by molar-refractivity contribution is 5.74. The SMILES string of the molecule is COc1ccc(CC2CCN(C(=O)NC(C)CCCO)CC2)cc1. The number of ether oxygens (including phenoxy) is 1. The van der Waals surface area contributed by atoms with E-state index in [4.69, 9.17) is 9.84 Å². The standard InChI is InChI=1S/C19H30N2O3/c1-15(4-3-13-22)20-19(23)21-11-9-17(10-12-21)14-16-5-7-18(24-2)8-6-16/h5-8,15,17,22H,3-4,9-14H2,1-2H3,(H,20,23). The number of likely N-dealkylation sites (tertiary alicyclic amines) is 1. The van der Waals surface area contributed by atoms with Crippen molar-refractivity contribution in [2.75, 3.05) is 26.8 Å². The number of rotatable bonds is 7. The number of urea groups is 1. The van der Waals surface area contributed by atoms with Gasteiger partial charge < -0.3 is 20.1 Å². The first-order chi connectivity index (χ1) is 11.6. The van der Waals surface area contributed by atoms with Crippen LogP contribution in [0.4, 0.5) is 4.79 Å². The van der Waals surface area contributed by atoms with E-state index in [-0.39, 0.29) is 18.7 Å². The second-order valence-corrected chi connectivity index (χ2v) is 6.70. The van der Waals surface area contributed by atoms with Crippen molar-refractivity contribution in [3.05, 3.63) is 29.8 Å². The van der Waals surface area contributed by atoms with Crippen LogP contribution in [0.25, 0.3) is 0 Å². The summed E-state index contributed by atoms with van der Waals surface area (Å²) in [6.07, 6.45) is 4.70. The third-order valence-corrected chi connectivity index (χ3v) is 4.75. The summed E-state index contributed by atoms with van der Waals surface area (Å²) in [7, 11) is 1.68. The van der Waals surface area contributed by atoms with E-state index in [1.54, 1.807) is 7.11 Å². The van der Waals surface area contributed by atoms with Gasteiger partial charge in [0.05, 0.1) is 7.11 Å². The highest BCUT2D eigenvalue weighted by Crippen LogP contribution is 2.23. The monoisotopic (exact) mass is 334 g/mol. The molecule has 0 aliphatic carbocycles. The lowest BCUT2D eigenvalue weighted by molar-refractivity contribution is 0.166. The summed E-state index contributed by atoms with van der Waals surface area (Å²) in [6, 6.07) is 8.41. The predicted molar refractivity (Wildman–Crippen MR) is 95.3 cm³/mol. The van der Waals surface area contributed by atoms with Gasteiger partial charge in [-0.1, -0.05) is 12.1 Å². The molecule has 134 valence electrons. The van der Waals surface area contributed by atoms with Gasteiger partial charge in [-0.25, -0.2) is 4.79 Å². The van der Waals surface area contributed by atoms with Gasteiger partial charge in [0.2, 0.25) is 0 Å². The van der Waals surface area contributed by atoms with Crippen molar-refractivity contribution in [1.29, 1.82) is 0 Å². The Balaban J connectivity index is 1.73. The number of aliphatic hydroxyl groups excluding tert-OH is 1. The molecule has 1 unspecified atom stereocenters. The van der Waals surface area contributed by atoms with Crippen molar-refractivity contribution >= 4 is 6.03 Å². The molecule has 1 atom stereocenters. The minimum absolute atomic E-state index is 0.0309. The molecule has 1 fully saturated rings. The van der Waals surface area contributed by atoms with Gasteiger partial charge in [0.25, 0.3) is 0 Å². The highest BCUT2D eigenvalue weighted by Gasteiger charge is 2.23. The maximum absolute atomic E-state index is 12.2. The number of nitrogens with zero attached hydrogens (tertiary/aromatic N) is 1. The average molecular weight is 334 g/mol. The van der Waals surface area contributed by atoms with Gasteiger partial charge in [0.1, 0.15) is 5.75 Å². The Morgan fingerprint density at radius 1 is 1.33 bits per heavy atom. The van der Waals surface area contributed by atoms with E-state index in [1.807, 2.05) is 24.0 Å². The number of amides is 2. The molecule has 1 aromatic carbocycles. The normalized spacial score (nSPS) is 16.7. The molecule has 2 amide bonds. The van der Waals surface area contributed by atoms with E-state index in [0.29, 0.717) is 5.92 Å². The number of aliphatic hydroxyl groups is 1. The van der Waals surface area contributed by atoms with Crippen LogP contribution in [0.3, 0.4) is 0 Å². The summed E-state index contributed by atoms with van der Waals surface area (Å²) < 4.78 is 5.19. The largest absolute Gasteiger partial charge is 0.497 e. The van der Waals surface area contributed by atoms with E-state index < -0.39 is 0 Å². The minimum atomic E-state index is 0.0309. The lowest BCUT2D eigenvalue weighted by Crippen LogP contribution is -2.47. The summed E-state index contributed by atoms with van der Waals surface area (Å²) >= 11 is 0. The number of piperidine rings is 1. The summed E-state index contributed by atoms with van der Waals surface area (Å²) in [5.74, 6) is 1.52. The smallest absolute Gasteiger partial charge is 0.317 e. The van der Waals surface area contributed by atoms with Crippen molar-refractivity contribution < 1.29 is 14.6 Å². The minimum Gasteiger partial charge on any atom is -0.497 e. The lowest BCUT2D eigenvalue weighted by Gasteiger charge is -2.33. The number of carbonyl (C=O) groups excluding carboxylic acids is 1. The van der Waals surface area contributed by atoms with Crippen LogP contribution < -0.4 is 10.1 Å². The molecule has 1 aliphatic heterocycles. The van der Waals surface area contributed by atoms with Crippen molar-refractivity contribution in [1.82, 2.24) is 10.2 Å². The second-order valence-electron chi connectivity index (χ2n) is 6.70. The second kappa shape index (κ2) is 9.52. The summed E-state index contributed by atoms with van der Waals surface area (Å²) in [4.78, 5) is 14.2. The van der Waals surface area contributed by atoms with Gasteiger partial charge in [0, 0.05) is 25.7 Å². The molecule has 0 radical (unpaired) electrons. The van der Waals surface area contributed by atoms with Crippen LogP contribution in [-0.4, -0.2) is 48.9 Å². The maximum atomic E-state index is 12.2. The van der Waals surface area contributed by atoms with E-state index in [1.165, 1.54) is 5.56 Å². The van der Waals surface area contributed by atoms with Crippen molar-refractivity contribution in [3.8, 4) is 5.75 Å². The van der Waals surface area contributed by atoms with Crippen LogP contribution in [0.15, 0.2) is 24.3 Å². The zero-order chi connectivity index (χ0) is 17.4. The molecule has 24 heavy (non-hydrogen) atoms. The number of hydrogen-bond donors (Lipinski definition) is 2.